The standard InChI is InChI=1S/C22H25NO4/c1-14-3-2-4-19(9-14)27-13-21(25)23-22(17-11-18(24)12-17)16-5-6-20-15(10-16)7-8-26-20/h2-6,9-10,17-18,22,24H,7-8,11-13H2,1H3,(H,23,25)/t17?,18?,22-/m1/s1. The second-order valence-electron chi connectivity index (χ2n) is 7.50. The zero-order valence-corrected chi connectivity index (χ0v) is 15.5. The third-order valence-corrected chi connectivity index (χ3v) is 5.37. The molecule has 27 heavy (non-hydrogen) atoms. The van der Waals surface area contributed by atoms with Crippen LogP contribution in [0.2, 0.25) is 0 Å². The Kier molecular flexibility index (Phi) is 5.03. The van der Waals surface area contributed by atoms with Crippen LogP contribution in [0, 0.1) is 12.8 Å². The van der Waals surface area contributed by atoms with E-state index < -0.39 is 0 Å². The summed E-state index contributed by atoms with van der Waals surface area (Å²) in [4.78, 5) is 12.5. The Hall–Kier alpha value is -2.53. The highest BCUT2D eigenvalue weighted by Gasteiger charge is 2.36. The predicted octanol–water partition coefficient (Wildman–Crippen LogP) is 2.94. The van der Waals surface area contributed by atoms with Crippen LogP contribution < -0.4 is 14.8 Å². The van der Waals surface area contributed by atoms with E-state index in [-0.39, 0.29) is 30.6 Å². The summed E-state index contributed by atoms with van der Waals surface area (Å²) in [7, 11) is 0. The van der Waals surface area contributed by atoms with E-state index in [1.54, 1.807) is 0 Å². The SMILES string of the molecule is Cc1cccc(OCC(=O)N[C@H](c2ccc3c(c2)CCO3)C2CC(O)C2)c1. The molecule has 142 valence electrons. The van der Waals surface area contributed by atoms with E-state index >= 15 is 0 Å². The molecule has 1 fully saturated rings. The Labute approximate surface area is 159 Å². The minimum atomic E-state index is -0.268. The average molecular weight is 367 g/mol. The number of aliphatic hydroxyl groups excluding tert-OH is 1. The fourth-order valence-electron chi connectivity index (χ4n) is 3.84. The summed E-state index contributed by atoms with van der Waals surface area (Å²) in [6.45, 7) is 2.67. The molecule has 0 bridgehead atoms. The quantitative estimate of drug-likeness (QED) is 0.824. The summed E-state index contributed by atoms with van der Waals surface area (Å²) < 4.78 is 11.2. The zero-order chi connectivity index (χ0) is 18.8. The van der Waals surface area contributed by atoms with Gasteiger partial charge in [0.15, 0.2) is 6.61 Å². The lowest BCUT2D eigenvalue weighted by atomic mass is 9.75. The normalized spacial score (nSPS) is 21.6. The average Bonchev–Trinajstić information content (AvgIpc) is 3.10. The van der Waals surface area contributed by atoms with Crippen LogP contribution in [0.15, 0.2) is 42.5 Å². The van der Waals surface area contributed by atoms with Gasteiger partial charge in [0.25, 0.3) is 5.91 Å². The number of aryl methyl sites for hydroxylation is 1. The summed E-state index contributed by atoms with van der Waals surface area (Å²) in [5.74, 6) is 1.71. The highest BCUT2D eigenvalue weighted by atomic mass is 16.5. The van der Waals surface area contributed by atoms with E-state index in [1.807, 2.05) is 43.3 Å². The largest absolute Gasteiger partial charge is 0.493 e. The van der Waals surface area contributed by atoms with Crippen molar-refractivity contribution in [2.45, 2.75) is 38.3 Å². The number of aliphatic hydroxyl groups is 1. The highest BCUT2D eigenvalue weighted by molar-refractivity contribution is 5.78. The molecule has 2 aromatic carbocycles. The molecule has 1 heterocycles. The number of ether oxygens (including phenoxy) is 2. The topological polar surface area (TPSA) is 67.8 Å². The Bertz CT molecular complexity index is 829. The van der Waals surface area contributed by atoms with Gasteiger partial charge in [0.05, 0.1) is 18.8 Å². The summed E-state index contributed by atoms with van der Waals surface area (Å²) >= 11 is 0. The second-order valence-corrected chi connectivity index (χ2v) is 7.50. The Morgan fingerprint density at radius 1 is 1.30 bits per heavy atom. The third-order valence-electron chi connectivity index (χ3n) is 5.37. The van der Waals surface area contributed by atoms with Crippen molar-refractivity contribution in [3.8, 4) is 11.5 Å². The number of rotatable bonds is 6. The number of benzene rings is 2. The molecule has 1 atom stereocenters. The van der Waals surface area contributed by atoms with Crippen LogP contribution >= 0.6 is 0 Å². The van der Waals surface area contributed by atoms with Crippen LogP contribution in [0.1, 0.15) is 35.6 Å². The van der Waals surface area contributed by atoms with E-state index in [0.717, 1.165) is 23.3 Å². The number of nitrogens with one attached hydrogen (secondary N) is 1. The van der Waals surface area contributed by atoms with Crippen molar-refractivity contribution < 1.29 is 19.4 Å². The second kappa shape index (κ2) is 7.61. The maximum atomic E-state index is 12.5. The molecule has 1 amide bonds. The Morgan fingerprint density at radius 3 is 2.93 bits per heavy atom. The van der Waals surface area contributed by atoms with Gasteiger partial charge in [0.1, 0.15) is 11.5 Å². The first-order valence-corrected chi connectivity index (χ1v) is 9.51. The lowest BCUT2D eigenvalue weighted by Crippen LogP contribution is -2.42. The first-order chi connectivity index (χ1) is 13.1. The van der Waals surface area contributed by atoms with Crippen molar-refractivity contribution in [2.24, 2.45) is 5.92 Å². The van der Waals surface area contributed by atoms with Crippen molar-refractivity contribution in [3.05, 3.63) is 59.2 Å². The van der Waals surface area contributed by atoms with Gasteiger partial charge in [0.2, 0.25) is 0 Å². The molecule has 2 N–H and O–H groups in total. The predicted molar refractivity (Wildman–Crippen MR) is 102 cm³/mol. The van der Waals surface area contributed by atoms with Crippen molar-refractivity contribution in [2.75, 3.05) is 13.2 Å². The van der Waals surface area contributed by atoms with Gasteiger partial charge in [-0.2, -0.15) is 0 Å². The fourth-order valence-corrected chi connectivity index (χ4v) is 3.84. The first kappa shape index (κ1) is 17.9. The number of hydrogen-bond donors (Lipinski definition) is 2. The summed E-state index contributed by atoms with van der Waals surface area (Å²) in [5, 5.41) is 12.8. The summed E-state index contributed by atoms with van der Waals surface area (Å²) in [6, 6.07) is 13.7. The molecule has 2 aromatic rings. The number of fused-ring (bicyclic) bond motifs is 1. The van der Waals surface area contributed by atoms with Crippen molar-refractivity contribution in [1.29, 1.82) is 0 Å². The maximum absolute atomic E-state index is 12.5. The van der Waals surface area contributed by atoms with Crippen molar-refractivity contribution in [1.82, 2.24) is 5.32 Å². The van der Waals surface area contributed by atoms with Crippen LogP contribution in [-0.4, -0.2) is 30.3 Å². The lowest BCUT2D eigenvalue weighted by Gasteiger charge is -2.38. The minimum absolute atomic E-state index is 0.0245. The molecule has 4 rings (SSSR count). The van der Waals surface area contributed by atoms with Gasteiger partial charge in [-0.15, -0.1) is 0 Å². The molecule has 0 radical (unpaired) electrons. The summed E-state index contributed by atoms with van der Waals surface area (Å²) in [6.07, 6.45) is 2.04. The van der Waals surface area contributed by atoms with Gasteiger partial charge in [-0.3, -0.25) is 4.79 Å². The van der Waals surface area contributed by atoms with E-state index in [4.69, 9.17) is 9.47 Å². The number of amides is 1. The molecule has 0 aromatic heterocycles. The van der Waals surface area contributed by atoms with E-state index in [9.17, 15) is 9.90 Å². The van der Waals surface area contributed by atoms with E-state index in [0.29, 0.717) is 25.2 Å². The number of hydrogen-bond acceptors (Lipinski definition) is 4. The molecule has 1 saturated carbocycles. The lowest BCUT2D eigenvalue weighted by molar-refractivity contribution is -0.125. The molecular weight excluding hydrogens is 342 g/mol. The zero-order valence-electron chi connectivity index (χ0n) is 15.5. The fraction of sp³-hybridized carbons (Fsp3) is 0.409. The smallest absolute Gasteiger partial charge is 0.258 e. The van der Waals surface area contributed by atoms with Gasteiger partial charge >= 0.3 is 0 Å². The maximum Gasteiger partial charge on any atom is 0.258 e. The van der Waals surface area contributed by atoms with Crippen molar-refractivity contribution in [3.63, 3.8) is 0 Å². The Balaban J connectivity index is 1.44. The van der Waals surface area contributed by atoms with Crippen LogP contribution in [0.25, 0.3) is 0 Å². The van der Waals surface area contributed by atoms with E-state index in [1.165, 1.54) is 5.56 Å². The van der Waals surface area contributed by atoms with Gasteiger partial charge in [0, 0.05) is 6.42 Å². The minimum Gasteiger partial charge on any atom is -0.493 e. The van der Waals surface area contributed by atoms with Gasteiger partial charge < -0.3 is 19.9 Å². The molecular formula is C22H25NO4. The highest BCUT2D eigenvalue weighted by Crippen LogP contribution is 2.39. The molecule has 1 aliphatic carbocycles. The van der Waals surface area contributed by atoms with Gasteiger partial charge in [-0.1, -0.05) is 18.2 Å². The molecule has 5 nitrogen and oxygen atoms in total. The van der Waals surface area contributed by atoms with Crippen molar-refractivity contribution >= 4 is 5.91 Å². The molecule has 1 aliphatic heterocycles. The molecule has 2 aliphatic rings. The third kappa shape index (κ3) is 4.08. The van der Waals surface area contributed by atoms with E-state index in [2.05, 4.69) is 11.4 Å². The van der Waals surface area contributed by atoms with Gasteiger partial charge in [-0.05, 0) is 66.6 Å². The Morgan fingerprint density at radius 2 is 2.15 bits per heavy atom. The van der Waals surface area contributed by atoms with Crippen LogP contribution in [-0.2, 0) is 11.2 Å². The monoisotopic (exact) mass is 367 g/mol. The molecule has 5 heteroatoms. The molecule has 0 unspecified atom stereocenters. The van der Waals surface area contributed by atoms with Crippen LogP contribution in [0.5, 0.6) is 11.5 Å². The number of carbonyl (C=O) groups excluding carboxylic acids is 1. The van der Waals surface area contributed by atoms with Crippen LogP contribution in [0.4, 0.5) is 0 Å². The molecule has 0 saturated heterocycles. The summed E-state index contributed by atoms with van der Waals surface area (Å²) in [5.41, 5.74) is 3.34. The molecule has 0 spiro atoms. The first-order valence-electron chi connectivity index (χ1n) is 9.51. The number of carbonyl (C=O) groups is 1. The van der Waals surface area contributed by atoms with Gasteiger partial charge in [-0.25, -0.2) is 0 Å². The van der Waals surface area contributed by atoms with Crippen LogP contribution in [0.3, 0.4) is 0 Å².